The first-order valence-corrected chi connectivity index (χ1v) is 4.76. The molecule has 4 nitrogen and oxygen atoms in total. The zero-order valence-corrected chi connectivity index (χ0v) is 8.92. The maximum Gasteiger partial charge on any atom is 0.306 e. The molecule has 0 atom stereocenters. The zero-order chi connectivity index (χ0) is 12.1. The second kappa shape index (κ2) is 5.45. The molecular weight excluding hydrogens is 235 g/mol. The van der Waals surface area contributed by atoms with Crippen LogP contribution >= 0.6 is 11.6 Å². The first-order chi connectivity index (χ1) is 7.56. The van der Waals surface area contributed by atoms with Gasteiger partial charge in [-0.3, -0.25) is 10.1 Å². The van der Waals surface area contributed by atoms with Gasteiger partial charge < -0.3 is 5.73 Å². The quantitative estimate of drug-likeness (QED) is 0.490. The molecule has 0 spiro atoms. The van der Waals surface area contributed by atoms with Crippen molar-refractivity contribution in [3.8, 4) is 11.8 Å². The van der Waals surface area contributed by atoms with Gasteiger partial charge in [0.05, 0.1) is 9.95 Å². The first-order valence-electron chi connectivity index (χ1n) is 4.38. The Kier molecular flexibility index (Phi) is 4.23. The van der Waals surface area contributed by atoms with Gasteiger partial charge in [-0.1, -0.05) is 23.4 Å². The summed E-state index contributed by atoms with van der Waals surface area (Å²) in [5.74, 6) is 4.32. The molecule has 0 aliphatic carbocycles. The van der Waals surface area contributed by atoms with E-state index < -0.39 is 16.4 Å². The van der Waals surface area contributed by atoms with Crippen LogP contribution in [0, 0.1) is 27.8 Å². The summed E-state index contributed by atoms with van der Waals surface area (Å²) >= 11 is 5.72. The van der Waals surface area contributed by atoms with Gasteiger partial charge in [-0.25, -0.2) is 0 Å². The summed E-state index contributed by atoms with van der Waals surface area (Å²) in [7, 11) is 0. The lowest BCUT2D eigenvalue weighted by Crippen LogP contribution is -1.96. The molecule has 16 heavy (non-hydrogen) atoms. The summed E-state index contributed by atoms with van der Waals surface area (Å²) in [6.07, 6.45) is 0.453. The number of nitro benzene ring substituents is 1. The Morgan fingerprint density at radius 1 is 1.56 bits per heavy atom. The van der Waals surface area contributed by atoms with Crippen LogP contribution in [0.1, 0.15) is 12.0 Å². The Labute approximate surface area is 96.4 Å². The minimum atomic E-state index is -0.952. The van der Waals surface area contributed by atoms with Gasteiger partial charge in [0.15, 0.2) is 0 Å². The number of hydrogen-bond donors (Lipinski definition) is 1. The molecule has 0 bridgehead atoms. The molecule has 0 amide bonds. The topological polar surface area (TPSA) is 69.2 Å². The summed E-state index contributed by atoms with van der Waals surface area (Å²) in [4.78, 5) is 9.56. The molecule has 0 heterocycles. The highest BCUT2D eigenvalue weighted by molar-refractivity contribution is 6.32. The van der Waals surface area contributed by atoms with Gasteiger partial charge in [0.25, 0.3) is 0 Å². The molecule has 0 aromatic heterocycles. The van der Waals surface area contributed by atoms with E-state index in [2.05, 4.69) is 11.8 Å². The van der Waals surface area contributed by atoms with E-state index in [-0.39, 0.29) is 10.6 Å². The molecule has 1 aromatic carbocycles. The van der Waals surface area contributed by atoms with Crippen molar-refractivity contribution in [3.05, 3.63) is 38.7 Å². The summed E-state index contributed by atoms with van der Waals surface area (Å²) in [5, 5.41) is 10.5. The Bertz CT molecular complexity index is 480. The molecule has 1 rings (SSSR count). The van der Waals surface area contributed by atoms with Gasteiger partial charge in [-0.05, 0) is 6.07 Å². The fourth-order valence-electron chi connectivity index (χ4n) is 1.00. The van der Waals surface area contributed by atoms with E-state index in [0.29, 0.717) is 13.0 Å². The lowest BCUT2D eigenvalue weighted by atomic mass is 10.2. The fourth-order valence-corrected chi connectivity index (χ4v) is 1.21. The van der Waals surface area contributed by atoms with E-state index in [4.69, 9.17) is 17.3 Å². The number of nitrogens with two attached hydrogens (primary N) is 1. The van der Waals surface area contributed by atoms with Crippen molar-refractivity contribution in [2.75, 3.05) is 6.54 Å². The summed E-state index contributed by atoms with van der Waals surface area (Å²) in [6, 6.07) is 1.90. The predicted octanol–water partition coefficient (Wildman–Crippen LogP) is 2.09. The van der Waals surface area contributed by atoms with Crippen molar-refractivity contribution in [2.45, 2.75) is 6.42 Å². The van der Waals surface area contributed by atoms with E-state index in [1.165, 1.54) is 0 Å². The van der Waals surface area contributed by atoms with E-state index in [9.17, 15) is 14.5 Å². The van der Waals surface area contributed by atoms with Crippen LogP contribution in [0.15, 0.2) is 12.1 Å². The van der Waals surface area contributed by atoms with Gasteiger partial charge in [0, 0.05) is 24.6 Å². The van der Waals surface area contributed by atoms with Gasteiger partial charge in [0.2, 0.25) is 5.82 Å². The molecule has 0 radical (unpaired) electrons. The normalized spacial score (nSPS) is 9.44. The molecule has 1 aromatic rings. The second-order valence-corrected chi connectivity index (χ2v) is 3.29. The zero-order valence-electron chi connectivity index (χ0n) is 8.17. The Morgan fingerprint density at radius 3 is 2.81 bits per heavy atom. The van der Waals surface area contributed by atoms with Gasteiger partial charge in [0.1, 0.15) is 0 Å². The Morgan fingerprint density at radius 2 is 2.25 bits per heavy atom. The average molecular weight is 243 g/mol. The molecule has 6 heteroatoms. The molecule has 2 N–H and O–H groups in total. The predicted molar refractivity (Wildman–Crippen MR) is 58.6 cm³/mol. The maximum atomic E-state index is 13.2. The van der Waals surface area contributed by atoms with E-state index >= 15 is 0 Å². The van der Waals surface area contributed by atoms with Crippen molar-refractivity contribution in [2.24, 2.45) is 5.73 Å². The summed E-state index contributed by atoms with van der Waals surface area (Å²) in [6.45, 7) is 0.389. The Hall–Kier alpha value is -1.64. The number of halogens is 2. The standard InChI is InChI=1S/C10H8ClFN2O2/c11-8-6-10(14(15)16)9(12)5-7(8)3-1-2-4-13/h5-6H,2,4,13H2. The lowest BCUT2D eigenvalue weighted by Gasteiger charge is -1.98. The van der Waals surface area contributed by atoms with Gasteiger partial charge in [-0.2, -0.15) is 4.39 Å². The van der Waals surface area contributed by atoms with Crippen LogP contribution in [0.4, 0.5) is 10.1 Å². The number of rotatable bonds is 2. The minimum absolute atomic E-state index is 0.0534. The second-order valence-electron chi connectivity index (χ2n) is 2.88. The molecule has 0 unspecified atom stereocenters. The third-order valence-electron chi connectivity index (χ3n) is 1.73. The highest BCUT2D eigenvalue weighted by atomic mass is 35.5. The van der Waals surface area contributed by atoms with Crippen LogP contribution < -0.4 is 5.73 Å². The lowest BCUT2D eigenvalue weighted by molar-refractivity contribution is -0.387. The molecule has 0 saturated carbocycles. The number of benzene rings is 1. The van der Waals surface area contributed by atoms with E-state index in [1.54, 1.807) is 0 Å². The van der Waals surface area contributed by atoms with Crippen LogP contribution in [0.5, 0.6) is 0 Å². The monoisotopic (exact) mass is 242 g/mol. The summed E-state index contributed by atoms with van der Waals surface area (Å²) < 4.78 is 13.2. The molecule has 0 aliphatic heterocycles. The SMILES string of the molecule is NCCC#Cc1cc(F)c([N+](=O)[O-])cc1Cl. The van der Waals surface area contributed by atoms with Crippen LogP contribution in [0.25, 0.3) is 0 Å². The molecule has 84 valence electrons. The minimum Gasteiger partial charge on any atom is -0.330 e. The molecule has 0 aliphatic rings. The molecule has 0 fully saturated rings. The largest absolute Gasteiger partial charge is 0.330 e. The van der Waals surface area contributed by atoms with Crippen molar-refractivity contribution in [1.82, 2.24) is 0 Å². The maximum absolute atomic E-state index is 13.2. The van der Waals surface area contributed by atoms with Crippen LogP contribution in [0.3, 0.4) is 0 Å². The van der Waals surface area contributed by atoms with E-state index in [1.807, 2.05) is 0 Å². The van der Waals surface area contributed by atoms with Crippen molar-refractivity contribution in [1.29, 1.82) is 0 Å². The van der Waals surface area contributed by atoms with Crippen molar-refractivity contribution < 1.29 is 9.31 Å². The van der Waals surface area contributed by atoms with Crippen LogP contribution in [-0.2, 0) is 0 Å². The Balaban J connectivity index is 3.12. The smallest absolute Gasteiger partial charge is 0.306 e. The van der Waals surface area contributed by atoms with Crippen LogP contribution in [0.2, 0.25) is 5.02 Å². The first kappa shape index (κ1) is 12.4. The molecule has 0 saturated heterocycles. The van der Waals surface area contributed by atoms with Gasteiger partial charge in [-0.15, -0.1) is 0 Å². The molecular formula is C10H8ClFN2O2. The average Bonchev–Trinajstić information content (AvgIpc) is 2.22. The number of nitrogens with zero attached hydrogens (tertiary/aromatic N) is 1. The van der Waals surface area contributed by atoms with Crippen LogP contribution in [-0.4, -0.2) is 11.5 Å². The van der Waals surface area contributed by atoms with E-state index in [0.717, 1.165) is 12.1 Å². The highest BCUT2D eigenvalue weighted by Crippen LogP contribution is 2.25. The summed E-state index contributed by atoms with van der Waals surface area (Å²) in [5.41, 5.74) is 4.79. The van der Waals surface area contributed by atoms with Gasteiger partial charge >= 0.3 is 5.69 Å². The fraction of sp³-hybridized carbons (Fsp3) is 0.200. The highest BCUT2D eigenvalue weighted by Gasteiger charge is 2.16. The third-order valence-corrected chi connectivity index (χ3v) is 2.04. The number of hydrogen-bond acceptors (Lipinski definition) is 3. The van der Waals surface area contributed by atoms with Crippen molar-refractivity contribution in [3.63, 3.8) is 0 Å². The third kappa shape index (κ3) is 2.92. The van der Waals surface area contributed by atoms with Crippen molar-refractivity contribution >= 4 is 17.3 Å². The number of nitro groups is 1.